The van der Waals surface area contributed by atoms with Gasteiger partial charge in [-0.1, -0.05) is 44.2 Å². The summed E-state index contributed by atoms with van der Waals surface area (Å²) >= 11 is 0. The third-order valence-corrected chi connectivity index (χ3v) is 4.03. The lowest BCUT2D eigenvalue weighted by atomic mass is 9.83. The molecular formula is C19H22NO6P. The first-order valence-electron chi connectivity index (χ1n) is 8.35. The number of fused-ring (bicyclic) bond motifs is 2. The molecule has 27 heavy (non-hydrogen) atoms. The molecule has 2 aromatic rings. The third kappa shape index (κ3) is 5.42. The minimum atomic E-state index is -4.64. The van der Waals surface area contributed by atoms with Gasteiger partial charge in [-0.15, -0.1) is 0 Å². The molecule has 0 saturated heterocycles. The van der Waals surface area contributed by atoms with E-state index in [1.54, 1.807) is 30.3 Å². The van der Waals surface area contributed by atoms with Gasteiger partial charge in [0.25, 0.3) is 0 Å². The Kier molecular flexibility index (Phi) is 6.46. The van der Waals surface area contributed by atoms with Crippen molar-refractivity contribution in [3.05, 3.63) is 70.3 Å². The number of rotatable bonds is 3. The molecule has 0 saturated carbocycles. The van der Waals surface area contributed by atoms with Gasteiger partial charge in [-0.25, -0.2) is 4.57 Å². The first-order valence-corrected chi connectivity index (χ1v) is 9.92. The van der Waals surface area contributed by atoms with E-state index in [2.05, 4.69) is 26.1 Å². The molecule has 3 rings (SSSR count). The fourth-order valence-electron chi connectivity index (χ4n) is 2.98. The number of carbonyl (C=O) groups is 2. The number of carbonyl (C=O) groups excluding carboxylic acids is 2. The quantitative estimate of drug-likeness (QED) is 0.506. The summed E-state index contributed by atoms with van der Waals surface area (Å²) in [6.07, 6.45) is 0. The van der Waals surface area contributed by atoms with Crippen LogP contribution in [0.5, 0.6) is 0 Å². The predicted molar refractivity (Wildman–Crippen MR) is 101 cm³/mol. The highest BCUT2D eigenvalue weighted by Crippen LogP contribution is 2.29. The summed E-state index contributed by atoms with van der Waals surface area (Å²) in [5.41, 5.74) is 3.04. The number of ketones is 2. The molecule has 0 fully saturated rings. The summed E-state index contributed by atoms with van der Waals surface area (Å²) in [4.78, 5) is 46.8. The topological polar surface area (TPSA) is 124 Å². The molecule has 0 spiro atoms. The SMILES string of the molecule is CC(C)NC(C)c1ccc2c(c1)C(=O)c1ccccc1C2=O.O=P(O)(O)O. The summed E-state index contributed by atoms with van der Waals surface area (Å²) in [5.74, 6) is -0.134. The van der Waals surface area contributed by atoms with Crippen molar-refractivity contribution >= 4 is 19.4 Å². The monoisotopic (exact) mass is 391 g/mol. The summed E-state index contributed by atoms with van der Waals surface area (Å²) in [5, 5.41) is 3.41. The van der Waals surface area contributed by atoms with Gasteiger partial charge in [-0.05, 0) is 24.6 Å². The Morgan fingerprint density at radius 3 is 1.74 bits per heavy atom. The van der Waals surface area contributed by atoms with Crippen LogP contribution in [0.4, 0.5) is 0 Å². The summed E-state index contributed by atoms with van der Waals surface area (Å²) in [7, 11) is -4.64. The van der Waals surface area contributed by atoms with Crippen LogP contribution in [0, 0.1) is 0 Å². The Morgan fingerprint density at radius 1 is 0.815 bits per heavy atom. The Bertz CT molecular complexity index is 910. The standard InChI is InChI=1S/C19H19NO2.H3O4P/c1-11(2)20-12(3)13-8-9-16-17(10-13)19(22)15-7-5-4-6-14(15)18(16)21;1-5(2,3)4/h4-12,20H,1-3H3;(H3,1,2,3,4). The molecule has 0 heterocycles. The number of hydrogen-bond donors (Lipinski definition) is 4. The Hall–Kier alpha value is -2.15. The lowest BCUT2D eigenvalue weighted by molar-refractivity contribution is 0.0979. The molecule has 1 aliphatic rings. The van der Waals surface area contributed by atoms with Gasteiger partial charge in [0, 0.05) is 34.3 Å². The van der Waals surface area contributed by atoms with E-state index in [4.69, 9.17) is 19.2 Å². The smallest absolute Gasteiger partial charge is 0.308 e. The van der Waals surface area contributed by atoms with Crippen LogP contribution in [0.15, 0.2) is 42.5 Å². The maximum absolute atomic E-state index is 12.7. The van der Waals surface area contributed by atoms with Crippen molar-refractivity contribution in [1.82, 2.24) is 5.32 Å². The lowest BCUT2D eigenvalue weighted by Crippen LogP contribution is -2.27. The van der Waals surface area contributed by atoms with E-state index in [9.17, 15) is 9.59 Å². The van der Waals surface area contributed by atoms with Gasteiger partial charge >= 0.3 is 7.82 Å². The van der Waals surface area contributed by atoms with E-state index in [1.165, 1.54) is 0 Å². The normalized spacial score (nSPS) is 14.2. The Morgan fingerprint density at radius 2 is 1.26 bits per heavy atom. The molecule has 0 radical (unpaired) electrons. The van der Waals surface area contributed by atoms with Crippen molar-refractivity contribution in [2.75, 3.05) is 0 Å². The first-order chi connectivity index (χ1) is 12.5. The van der Waals surface area contributed by atoms with Gasteiger partial charge < -0.3 is 20.0 Å². The molecule has 8 heteroatoms. The fourth-order valence-corrected chi connectivity index (χ4v) is 2.98. The van der Waals surface area contributed by atoms with Crippen LogP contribution in [-0.4, -0.2) is 32.3 Å². The van der Waals surface area contributed by atoms with Crippen LogP contribution in [0.2, 0.25) is 0 Å². The molecule has 0 bridgehead atoms. The number of hydrogen-bond acceptors (Lipinski definition) is 4. The Balaban J connectivity index is 0.000000465. The van der Waals surface area contributed by atoms with Crippen LogP contribution < -0.4 is 5.32 Å². The van der Waals surface area contributed by atoms with Crippen LogP contribution in [-0.2, 0) is 4.57 Å². The van der Waals surface area contributed by atoms with E-state index in [1.807, 2.05) is 12.1 Å². The fraction of sp³-hybridized carbons (Fsp3) is 0.263. The van der Waals surface area contributed by atoms with Crippen molar-refractivity contribution in [2.24, 2.45) is 0 Å². The molecule has 0 aromatic heterocycles. The van der Waals surface area contributed by atoms with Crippen molar-refractivity contribution in [3.8, 4) is 0 Å². The Labute approximate surface area is 157 Å². The highest BCUT2D eigenvalue weighted by molar-refractivity contribution is 7.45. The minimum absolute atomic E-state index is 0.0659. The lowest BCUT2D eigenvalue weighted by Gasteiger charge is -2.21. The van der Waals surface area contributed by atoms with Gasteiger partial charge in [0.15, 0.2) is 11.6 Å². The maximum Gasteiger partial charge on any atom is 0.466 e. The van der Waals surface area contributed by atoms with E-state index in [-0.39, 0.29) is 17.6 Å². The molecule has 7 nitrogen and oxygen atoms in total. The predicted octanol–water partition coefficient (Wildman–Crippen LogP) is 2.59. The van der Waals surface area contributed by atoms with Crippen molar-refractivity contribution < 1.29 is 28.8 Å². The summed E-state index contributed by atoms with van der Waals surface area (Å²) < 4.78 is 8.88. The first kappa shape index (κ1) is 21.2. The zero-order chi connectivity index (χ0) is 20.4. The molecule has 2 aromatic carbocycles. The summed E-state index contributed by atoms with van der Waals surface area (Å²) in [6, 6.07) is 13.1. The van der Waals surface area contributed by atoms with Gasteiger partial charge in [-0.3, -0.25) is 9.59 Å². The van der Waals surface area contributed by atoms with Crippen molar-refractivity contribution in [1.29, 1.82) is 0 Å². The van der Waals surface area contributed by atoms with E-state index < -0.39 is 7.82 Å². The van der Waals surface area contributed by atoms with E-state index >= 15 is 0 Å². The molecule has 144 valence electrons. The van der Waals surface area contributed by atoms with Crippen LogP contribution in [0.25, 0.3) is 0 Å². The second-order valence-corrected chi connectivity index (χ2v) is 7.59. The van der Waals surface area contributed by atoms with E-state index in [0.717, 1.165) is 5.56 Å². The highest BCUT2D eigenvalue weighted by Gasteiger charge is 2.29. The average molecular weight is 391 g/mol. The third-order valence-electron chi connectivity index (χ3n) is 4.03. The number of benzene rings is 2. The molecule has 1 atom stereocenters. The maximum atomic E-state index is 12.7. The number of phosphoric acid groups is 1. The zero-order valence-electron chi connectivity index (χ0n) is 15.2. The minimum Gasteiger partial charge on any atom is -0.308 e. The molecule has 4 N–H and O–H groups in total. The zero-order valence-corrected chi connectivity index (χ0v) is 16.1. The van der Waals surface area contributed by atoms with E-state index in [0.29, 0.717) is 28.3 Å². The second kappa shape index (κ2) is 8.25. The van der Waals surface area contributed by atoms with Gasteiger partial charge in [-0.2, -0.15) is 0 Å². The molecule has 0 aliphatic heterocycles. The van der Waals surface area contributed by atoms with Gasteiger partial charge in [0.05, 0.1) is 0 Å². The molecular weight excluding hydrogens is 369 g/mol. The summed E-state index contributed by atoms with van der Waals surface area (Å²) in [6.45, 7) is 6.23. The largest absolute Gasteiger partial charge is 0.466 e. The molecule has 1 unspecified atom stereocenters. The molecule has 1 aliphatic carbocycles. The second-order valence-electron chi connectivity index (χ2n) is 6.57. The average Bonchev–Trinajstić information content (AvgIpc) is 2.57. The molecule has 0 amide bonds. The van der Waals surface area contributed by atoms with Crippen LogP contribution in [0.1, 0.15) is 64.2 Å². The number of nitrogens with one attached hydrogen (secondary N) is 1. The highest BCUT2D eigenvalue weighted by atomic mass is 31.2. The van der Waals surface area contributed by atoms with Gasteiger partial charge in [0.1, 0.15) is 0 Å². The van der Waals surface area contributed by atoms with Crippen LogP contribution >= 0.6 is 7.82 Å². The van der Waals surface area contributed by atoms with Crippen LogP contribution in [0.3, 0.4) is 0 Å². The van der Waals surface area contributed by atoms with Crippen molar-refractivity contribution in [3.63, 3.8) is 0 Å². The van der Waals surface area contributed by atoms with Crippen molar-refractivity contribution in [2.45, 2.75) is 32.9 Å². The van der Waals surface area contributed by atoms with Gasteiger partial charge in [0.2, 0.25) is 0 Å².